The van der Waals surface area contributed by atoms with Gasteiger partial charge in [-0.05, 0) is 12.0 Å². The van der Waals surface area contributed by atoms with E-state index in [4.69, 9.17) is 11.6 Å². The first-order valence-electron chi connectivity index (χ1n) is 4.52. The smallest absolute Gasteiger partial charge is 0.181 e. The number of hydrogen-bond acceptors (Lipinski definition) is 3. The van der Waals surface area contributed by atoms with Gasteiger partial charge in [0.25, 0.3) is 0 Å². The largest absolute Gasteiger partial charge is 0.370 e. The van der Waals surface area contributed by atoms with E-state index in [-0.39, 0.29) is 6.42 Å². The summed E-state index contributed by atoms with van der Waals surface area (Å²) in [6.45, 7) is 0. The Kier molecular flexibility index (Phi) is 2.33. The predicted octanol–water partition coefficient (Wildman–Crippen LogP) is 1.04. The van der Waals surface area contributed by atoms with Gasteiger partial charge in [0.05, 0.1) is 0 Å². The van der Waals surface area contributed by atoms with Crippen LogP contribution in [0.1, 0.15) is 11.1 Å². The topological polar surface area (TPSA) is 54.4 Å². The second-order valence-electron chi connectivity index (χ2n) is 3.85. The van der Waals surface area contributed by atoms with Crippen LogP contribution in [0.3, 0.4) is 0 Å². The molecular weight excluding hydrogens is 236 g/mol. The molecule has 1 aromatic rings. The highest BCUT2D eigenvalue weighted by Crippen LogP contribution is 2.43. The van der Waals surface area contributed by atoms with E-state index >= 15 is 0 Å². The van der Waals surface area contributed by atoms with E-state index in [1.54, 1.807) is 24.3 Å². The molecule has 82 valence electrons. The maximum atomic E-state index is 11.5. The number of benzene rings is 1. The van der Waals surface area contributed by atoms with E-state index in [1.807, 2.05) is 0 Å². The lowest BCUT2D eigenvalue weighted by Crippen LogP contribution is -2.36. The summed E-state index contributed by atoms with van der Waals surface area (Å²) >= 11 is 5.93. The van der Waals surface area contributed by atoms with Crippen LogP contribution in [0.25, 0.3) is 0 Å². The van der Waals surface area contributed by atoms with Gasteiger partial charge in [0.15, 0.2) is 14.9 Å². The Morgan fingerprint density at radius 3 is 2.60 bits per heavy atom. The maximum absolute atomic E-state index is 11.5. The van der Waals surface area contributed by atoms with E-state index < -0.39 is 20.1 Å². The Hall–Kier alpha value is -0.580. The third-order valence-corrected chi connectivity index (χ3v) is 4.88. The molecule has 1 aliphatic carbocycles. The first-order chi connectivity index (χ1) is 6.83. The normalized spacial score (nSPS) is 30.2. The molecule has 1 N–H and O–H groups in total. The summed E-state index contributed by atoms with van der Waals surface area (Å²) in [5.74, 6) is 0. The van der Waals surface area contributed by atoms with Gasteiger partial charge in [-0.3, -0.25) is 0 Å². The molecule has 15 heavy (non-hydrogen) atoms. The Balaban J connectivity index is 2.57. The molecule has 5 heteroatoms. The van der Waals surface area contributed by atoms with Crippen molar-refractivity contribution in [2.24, 2.45) is 0 Å². The molecule has 0 heterocycles. The molecule has 0 radical (unpaired) electrons. The molecule has 0 fully saturated rings. The number of rotatable bonds is 1. The fourth-order valence-electron chi connectivity index (χ4n) is 1.98. The first kappa shape index (κ1) is 10.9. The summed E-state index contributed by atoms with van der Waals surface area (Å²) in [4.78, 5) is 0. The molecule has 0 saturated carbocycles. The van der Waals surface area contributed by atoms with Crippen LogP contribution in [0.2, 0.25) is 0 Å². The molecule has 0 saturated heterocycles. The van der Waals surface area contributed by atoms with Crippen molar-refractivity contribution in [2.45, 2.75) is 16.7 Å². The van der Waals surface area contributed by atoms with Gasteiger partial charge in [0.1, 0.15) is 5.25 Å². The highest BCUT2D eigenvalue weighted by Gasteiger charge is 2.49. The molecule has 3 nitrogen and oxygen atoms in total. The van der Waals surface area contributed by atoms with E-state index in [1.165, 1.54) is 0 Å². The van der Waals surface area contributed by atoms with Crippen molar-refractivity contribution >= 4 is 21.4 Å². The number of aliphatic hydroxyl groups is 1. The number of halogens is 1. The van der Waals surface area contributed by atoms with Crippen LogP contribution in [0.15, 0.2) is 24.3 Å². The van der Waals surface area contributed by atoms with Crippen LogP contribution in [0.4, 0.5) is 0 Å². The standard InChI is InChI=1S/C10H11ClO3S/c1-15(13,14)9-6-7-4-2-3-5-8(7)10(9,11)12/h2-5,9,12H,6H2,1H3. The number of fused-ring (bicyclic) bond motifs is 1. The van der Waals surface area contributed by atoms with Crippen molar-refractivity contribution in [3.8, 4) is 0 Å². The summed E-state index contributed by atoms with van der Waals surface area (Å²) in [6, 6.07) is 6.98. The van der Waals surface area contributed by atoms with Crippen LogP contribution in [0.5, 0.6) is 0 Å². The summed E-state index contributed by atoms with van der Waals surface area (Å²) in [6.07, 6.45) is 1.37. The molecule has 2 atom stereocenters. The number of alkyl halides is 1. The lowest BCUT2D eigenvalue weighted by Gasteiger charge is -2.22. The van der Waals surface area contributed by atoms with Gasteiger partial charge in [-0.15, -0.1) is 0 Å². The number of sulfone groups is 1. The Morgan fingerprint density at radius 1 is 1.47 bits per heavy atom. The van der Waals surface area contributed by atoms with Gasteiger partial charge in [0.2, 0.25) is 0 Å². The van der Waals surface area contributed by atoms with E-state index in [2.05, 4.69) is 0 Å². The minimum atomic E-state index is -3.36. The van der Waals surface area contributed by atoms with Crippen LogP contribution in [-0.2, 0) is 21.3 Å². The number of hydrogen-bond donors (Lipinski definition) is 1. The van der Waals surface area contributed by atoms with Crippen LogP contribution in [0, 0.1) is 0 Å². The van der Waals surface area contributed by atoms with E-state index in [0.717, 1.165) is 11.8 Å². The molecule has 2 rings (SSSR count). The minimum Gasteiger partial charge on any atom is -0.370 e. The SMILES string of the molecule is CS(=O)(=O)C1Cc2ccccc2C1(O)Cl. The molecule has 0 aliphatic heterocycles. The highest BCUT2D eigenvalue weighted by atomic mass is 35.5. The lowest BCUT2D eigenvalue weighted by atomic mass is 10.1. The molecule has 2 unspecified atom stereocenters. The monoisotopic (exact) mass is 246 g/mol. The molecule has 1 aromatic carbocycles. The summed E-state index contributed by atoms with van der Waals surface area (Å²) < 4.78 is 22.9. The Labute approximate surface area is 93.6 Å². The zero-order valence-corrected chi connectivity index (χ0v) is 9.72. The van der Waals surface area contributed by atoms with Gasteiger partial charge >= 0.3 is 0 Å². The Bertz CT molecular complexity index is 493. The lowest BCUT2D eigenvalue weighted by molar-refractivity contribution is 0.134. The van der Waals surface area contributed by atoms with Crippen molar-refractivity contribution in [3.63, 3.8) is 0 Å². The fourth-order valence-corrected chi connectivity index (χ4v) is 3.91. The molecule has 0 amide bonds. The molecule has 0 bridgehead atoms. The van der Waals surface area contributed by atoms with Crippen molar-refractivity contribution < 1.29 is 13.5 Å². The highest BCUT2D eigenvalue weighted by molar-refractivity contribution is 7.91. The third-order valence-electron chi connectivity index (χ3n) is 2.74. The van der Waals surface area contributed by atoms with Crippen LogP contribution in [-0.4, -0.2) is 25.0 Å². The summed E-state index contributed by atoms with van der Waals surface area (Å²) in [7, 11) is -3.36. The summed E-state index contributed by atoms with van der Waals surface area (Å²) in [5, 5.41) is 7.29. The average Bonchev–Trinajstić information content (AvgIpc) is 2.39. The fraction of sp³-hybridized carbons (Fsp3) is 0.400. The van der Waals surface area contributed by atoms with Crippen molar-refractivity contribution in [1.29, 1.82) is 0 Å². The zero-order chi connectivity index (χ0) is 11.3. The van der Waals surface area contributed by atoms with Crippen LogP contribution < -0.4 is 0 Å². The van der Waals surface area contributed by atoms with Gasteiger partial charge < -0.3 is 5.11 Å². The quantitative estimate of drug-likeness (QED) is 0.754. The second-order valence-corrected chi connectivity index (χ2v) is 6.66. The molecule has 0 aromatic heterocycles. The second kappa shape index (κ2) is 3.20. The zero-order valence-electron chi connectivity index (χ0n) is 8.14. The van der Waals surface area contributed by atoms with Crippen molar-refractivity contribution in [2.75, 3.05) is 6.26 Å². The van der Waals surface area contributed by atoms with Gasteiger partial charge in [-0.2, -0.15) is 0 Å². The van der Waals surface area contributed by atoms with E-state index in [9.17, 15) is 13.5 Å². The van der Waals surface area contributed by atoms with Gasteiger partial charge in [-0.25, -0.2) is 8.42 Å². The summed E-state index contributed by atoms with van der Waals surface area (Å²) in [5.41, 5.74) is 1.30. The van der Waals surface area contributed by atoms with Gasteiger partial charge in [-0.1, -0.05) is 35.9 Å². The van der Waals surface area contributed by atoms with Crippen molar-refractivity contribution in [1.82, 2.24) is 0 Å². The molecule has 1 aliphatic rings. The van der Waals surface area contributed by atoms with Crippen LogP contribution >= 0.6 is 11.6 Å². The maximum Gasteiger partial charge on any atom is 0.181 e. The average molecular weight is 247 g/mol. The molecule has 0 spiro atoms. The predicted molar refractivity (Wildman–Crippen MR) is 58.5 cm³/mol. The molecular formula is C10H11ClO3S. The Morgan fingerprint density at radius 2 is 2.07 bits per heavy atom. The minimum absolute atomic E-state index is 0.273. The van der Waals surface area contributed by atoms with E-state index in [0.29, 0.717) is 5.56 Å². The first-order valence-corrected chi connectivity index (χ1v) is 6.85. The van der Waals surface area contributed by atoms with Gasteiger partial charge in [0, 0.05) is 11.8 Å². The van der Waals surface area contributed by atoms with Crippen molar-refractivity contribution in [3.05, 3.63) is 35.4 Å². The third kappa shape index (κ3) is 1.67.